The van der Waals surface area contributed by atoms with Crippen molar-refractivity contribution in [3.8, 4) is 0 Å². The Hall–Kier alpha value is -0.120. The van der Waals surface area contributed by atoms with Crippen LogP contribution in [0.4, 0.5) is 0 Å². The van der Waals surface area contributed by atoms with E-state index < -0.39 is 0 Å². The fourth-order valence-corrected chi connectivity index (χ4v) is 1.10. The van der Waals surface area contributed by atoms with Gasteiger partial charge in [-0.1, -0.05) is 6.92 Å². The molecule has 0 fully saturated rings. The normalized spacial score (nSPS) is 16.0. The van der Waals surface area contributed by atoms with E-state index in [4.69, 9.17) is 9.47 Å². The van der Waals surface area contributed by atoms with Gasteiger partial charge in [-0.05, 0) is 12.8 Å². The van der Waals surface area contributed by atoms with Gasteiger partial charge in [-0.3, -0.25) is 0 Å². The van der Waals surface area contributed by atoms with Gasteiger partial charge < -0.3 is 14.6 Å². The van der Waals surface area contributed by atoms with E-state index in [1.807, 2.05) is 6.92 Å². The molecule has 0 aliphatic rings. The number of hydrogen-bond acceptors (Lipinski definition) is 3. The maximum absolute atomic E-state index is 9.54. The van der Waals surface area contributed by atoms with Gasteiger partial charge in [-0.2, -0.15) is 0 Å². The van der Waals surface area contributed by atoms with Gasteiger partial charge in [-0.15, -0.1) is 0 Å². The Morgan fingerprint density at radius 3 is 2.42 bits per heavy atom. The van der Waals surface area contributed by atoms with Crippen LogP contribution >= 0.6 is 0 Å². The van der Waals surface area contributed by atoms with Crippen LogP contribution in [0.15, 0.2) is 0 Å². The molecule has 0 spiro atoms. The van der Waals surface area contributed by atoms with Gasteiger partial charge >= 0.3 is 0 Å². The van der Waals surface area contributed by atoms with E-state index in [2.05, 4.69) is 0 Å². The summed E-state index contributed by atoms with van der Waals surface area (Å²) in [5.74, 6) is 0.215. The van der Waals surface area contributed by atoms with E-state index >= 15 is 0 Å². The fraction of sp³-hybridized carbons (Fsp3) is 1.00. The summed E-state index contributed by atoms with van der Waals surface area (Å²) in [6.07, 6.45) is 1.43. The van der Waals surface area contributed by atoms with E-state index in [1.54, 1.807) is 14.2 Å². The maximum Gasteiger partial charge on any atom is 0.0588 e. The molecule has 0 aromatic heterocycles. The summed E-state index contributed by atoms with van der Waals surface area (Å²) in [5.41, 5.74) is 0. The fourth-order valence-electron chi connectivity index (χ4n) is 1.10. The van der Waals surface area contributed by atoms with Crippen molar-refractivity contribution in [3.63, 3.8) is 0 Å². The monoisotopic (exact) mass is 176 g/mol. The van der Waals surface area contributed by atoms with Crippen LogP contribution < -0.4 is 0 Å². The van der Waals surface area contributed by atoms with Crippen LogP contribution in [0, 0.1) is 5.92 Å². The van der Waals surface area contributed by atoms with Crippen molar-refractivity contribution in [2.24, 2.45) is 5.92 Å². The highest BCUT2D eigenvalue weighted by atomic mass is 16.5. The van der Waals surface area contributed by atoms with Gasteiger partial charge in [0.25, 0.3) is 0 Å². The first-order valence-electron chi connectivity index (χ1n) is 4.38. The molecule has 2 unspecified atom stereocenters. The van der Waals surface area contributed by atoms with Gasteiger partial charge in [0.1, 0.15) is 0 Å². The quantitative estimate of drug-likeness (QED) is 0.589. The average molecular weight is 176 g/mol. The second-order valence-electron chi connectivity index (χ2n) is 3.14. The van der Waals surface area contributed by atoms with Crippen LogP contribution in [0.2, 0.25) is 0 Å². The topological polar surface area (TPSA) is 38.7 Å². The lowest BCUT2D eigenvalue weighted by molar-refractivity contribution is 0.0456. The van der Waals surface area contributed by atoms with Gasteiger partial charge in [0.2, 0.25) is 0 Å². The molecule has 0 aromatic carbocycles. The zero-order valence-corrected chi connectivity index (χ0v) is 8.25. The van der Waals surface area contributed by atoms with Crippen molar-refractivity contribution in [3.05, 3.63) is 0 Å². The van der Waals surface area contributed by atoms with Gasteiger partial charge in [0, 0.05) is 26.7 Å². The molecule has 3 nitrogen and oxygen atoms in total. The zero-order valence-electron chi connectivity index (χ0n) is 8.25. The Kier molecular flexibility index (Phi) is 7.45. The van der Waals surface area contributed by atoms with E-state index in [0.29, 0.717) is 6.61 Å². The molecule has 0 rings (SSSR count). The largest absolute Gasteiger partial charge is 0.393 e. The first-order chi connectivity index (χ1) is 5.72. The Balaban J connectivity index is 3.35. The van der Waals surface area contributed by atoms with Crippen LogP contribution in [-0.4, -0.2) is 38.6 Å². The van der Waals surface area contributed by atoms with E-state index in [0.717, 1.165) is 19.4 Å². The lowest BCUT2D eigenvalue weighted by Crippen LogP contribution is -2.22. The molecule has 3 heteroatoms. The first-order valence-corrected chi connectivity index (χ1v) is 4.38. The minimum Gasteiger partial charge on any atom is -0.393 e. The molecule has 2 atom stereocenters. The SMILES string of the molecule is COCCCC(O)C(C)COC. The predicted molar refractivity (Wildman–Crippen MR) is 48.2 cm³/mol. The molecule has 0 saturated heterocycles. The second kappa shape index (κ2) is 7.53. The van der Waals surface area contributed by atoms with Crippen LogP contribution in [-0.2, 0) is 9.47 Å². The Morgan fingerprint density at radius 2 is 1.92 bits per heavy atom. The van der Waals surface area contributed by atoms with Crippen molar-refractivity contribution in [2.45, 2.75) is 25.9 Å². The van der Waals surface area contributed by atoms with Crippen molar-refractivity contribution < 1.29 is 14.6 Å². The first kappa shape index (κ1) is 11.9. The second-order valence-corrected chi connectivity index (χ2v) is 3.14. The summed E-state index contributed by atoms with van der Waals surface area (Å²) in [6, 6.07) is 0. The van der Waals surface area contributed by atoms with E-state index in [-0.39, 0.29) is 12.0 Å². The smallest absolute Gasteiger partial charge is 0.0588 e. The number of aliphatic hydroxyl groups excluding tert-OH is 1. The standard InChI is InChI=1S/C9H20O3/c1-8(7-12-3)9(10)5-4-6-11-2/h8-10H,4-7H2,1-3H3. The number of hydrogen-bond donors (Lipinski definition) is 1. The van der Waals surface area contributed by atoms with Gasteiger partial charge in [0.15, 0.2) is 0 Å². The molecule has 0 heterocycles. The zero-order chi connectivity index (χ0) is 9.40. The molecule has 0 saturated carbocycles. The van der Waals surface area contributed by atoms with Crippen LogP contribution in [0.3, 0.4) is 0 Å². The molecular formula is C9H20O3. The summed E-state index contributed by atoms with van der Waals surface area (Å²) < 4.78 is 9.83. The van der Waals surface area contributed by atoms with Crippen molar-refractivity contribution in [1.82, 2.24) is 0 Å². The third-order valence-corrected chi connectivity index (χ3v) is 1.93. The lowest BCUT2D eigenvalue weighted by atomic mass is 10.0. The van der Waals surface area contributed by atoms with Gasteiger partial charge in [0.05, 0.1) is 12.7 Å². The van der Waals surface area contributed by atoms with Gasteiger partial charge in [-0.25, -0.2) is 0 Å². The number of aliphatic hydroxyl groups is 1. The molecule has 0 amide bonds. The highest BCUT2D eigenvalue weighted by Gasteiger charge is 2.12. The summed E-state index contributed by atoms with van der Waals surface area (Å²) in [6.45, 7) is 3.33. The molecule has 12 heavy (non-hydrogen) atoms. The summed E-state index contributed by atoms with van der Waals surface area (Å²) in [7, 11) is 3.32. The third kappa shape index (κ3) is 5.52. The van der Waals surface area contributed by atoms with Crippen LogP contribution in [0.5, 0.6) is 0 Å². The number of methoxy groups -OCH3 is 2. The minimum absolute atomic E-state index is 0.215. The number of rotatable bonds is 7. The molecular weight excluding hydrogens is 156 g/mol. The van der Waals surface area contributed by atoms with E-state index in [9.17, 15) is 5.11 Å². The molecule has 74 valence electrons. The molecule has 0 bridgehead atoms. The van der Waals surface area contributed by atoms with E-state index in [1.165, 1.54) is 0 Å². The van der Waals surface area contributed by atoms with Crippen molar-refractivity contribution >= 4 is 0 Å². The molecule has 0 radical (unpaired) electrons. The Morgan fingerprint density at radius 1 is 1.25 bits per heavy atom. The lowest BCUT2D eigenvalue weighted by Gasteiger charge is -2.17. The highest BCUT2D eigenvalue weighted by molar-refractivity contribution is 4.63. The molecule has 0 aliphatic heterocycles. The highest BCUT2D eigenvalue weighted by Crippen LogP contribution is 2.09. The summed E-state index contributed by atoms with van der Waals surface area (Å²) >= 11 is 0. The number of ether oxygens (including phenoxy) is 2. The van der Waals surface area contributed by atoms with Crippen LogP contribution in [0.25, 0.3) is 0 Å². The van der Waals surface area contributed by atoms with Crippen molar-refractivity contribution in [1.29, 1.82) is 0 Å². The summed E-state index contributed by atoms with van der Waals surface area (Å²) in [5, 5.41) is 9.54. The molecule has 0 aromatic rings. The van der Waals surface area contributed by atoms with Crippen LogP contribution in [0.1, 0.15) is 19.8 Å². The molecule has 1 N–H and O–H groups in total. The maximum atomic E-state index is 9.54. The average Bonchev–Trinajstić information content (AvgIpc) is 2.05. The summed E-state index contributed by atoms with van der Waals surface area (Å²) in [4.78, 5) is 0. The third-order valence-electron chi connectivity index (χ3n) is 1.93. The predicted octanol–water partition coefficient (Wildman–Crippen LogP) is 1.06. The Bertz CT molecular complexity index is 95.8. The Labute approximate surface area is 74.7 Å². The van der Waals surface area contributed by atoms with Crippen molar-refractivity contribution in [2.75, 3.05) is 27.4 Å². The minimum atomic E-state index is -0.264. The molecule has 0 aliphatic carbocycles.